The number of nitrogens with zero attached hydrogens (tertiary/aromatic N) is 2. The molecule has 0 spiro atoms. The van der Waals surface area contributed by atoms with Crippen LogP contribution < -0.4 is 5.30 Å². The van der Waals surface area contributed by atoms with Gasteiger partial charge in [-0.3, -0.25) is 4.40 Å². The van der Waals surface area contributed by atoms with Crippen molar-refractivity contribution in [1.82, 2.24) is 9.38 Å². The third-order valence-electron chi connectivity index (χ3n) is 6.06. The summed E-state index contributed by atoms with van der Waals surface area (Å²) >= 11 is 0. The van der Waals surface area contributed by atoms with Gasteiger partial charge < -0.3 is 4.57 Å². The fourth-order valence-electron chi connectivity index (χ4n) is 4.49. The van der Waals surface area contributed by atoms with E-state index in [2.05, 4.69) is 77.2 Å². The van der Waals surface area contributed by atoms with Crippen molar-refractivity contribution in [3.05, 3.63) is 91.0 Å². The summed E-state index contributed by atoms with van der Waals surface area (Å²) in [5.41, 5.74) is 6.30. The average molecular weight is 420 g/mol. The average Bonchev–Trinajstić information content (AvgIpc) is 3.18. The molecule has 0 amide bonds. The van der Waals surface area contributed by atoms with Gasteiger partial charge in [0.2, 0.25) is 0 Å². The lowest BCUT2D eigenvalue weighted by Crippen LogP contribution is -2.02. The second-order valence-corrected chi connectivity index (χ2v) is 11.7. The molecular formula is C27H21N2OP. The van der Waals surface area contributed by atoms with Crippen molar-refractivity contribution in [2.45, 2.75) is 0 Å². The number of imidazole rings is 1. The Balaban J connectivity index is 1.83. The second kappa shape index (κ2) is 6.54. The molecule has 0 aliphatic heterocycles. The van der Waals surface area contributed by atoms with Crippen molar-refractivity contribution < 1.29 is 4.57 Å². The molecule has 2 aromatic heterocycles. The first-order valence-electron chi connectivity index (χ1n) is 10.4. The molecule has 4 heteroatoms. The van der Waals surface area contributed by atoms with E-state index < -0.39 is 7.14 Å². The quantitative estimate of drug-likeness (QED) is 0.230. The molecule has 6 aromatic rings. The molecule has 0 radical (unpaired) electrons. The monoisotopic (exact) mass is 420 g/mol. The highest BCUT2D eigenvalue weighted by atomic mass is 31.2. The van der Waals surface area contributed by atoms with Gasteiger partial charge in [-0.2, -0.15) is 0 Å². The molecule has 0 atom stereocenters. The summed E-state index contributed by atoms with van der Waals surface area (Å²) in [5.74, 6) is 0. The molecule has 3 nitrogen and oxygen atoms in total. The van der Waals surface area contributed by atoms with Crippen molar-refractivity contribution in [1.29, 1.82) is 0 Å². The second-order valence-electron chi connectivity index (χ2n) is 8.44. The van der Waals surface area contributed by atoms with E-state index in [0.29, 0.717) is 0 Å². The predicted molar refractivity (Wildman–Crippen MR) is 132 cm³/mol. The largest absolute Gasteiger partial charge is 0.319 e. The highest BCUT2D eigenvalue weighted by Crippen LogP contribution is 2.38. The molecule has 0 bridgehead atoms. The Kier molecular flexibility index (Phi) is 3.87. The molecule has 4 aromatic carbocycles. The molecule has 0 fully saturated rings. The third-order valence-corrected chi connectivity index (χ3v) is 7.59. The van der Waals surface area contributed by atoms with Crippen LogP contribution in [-0.4, -0.2) is 22.7 Å². The Morgan fingerprint density at radius 1 is 0.677 bits per heavy atom. The van der Waals surface area contributed by atoms with Gasteiger partial charge in [0.1, 0.15) is 12.8 Å². The molecule has 31 heavy (non-hydrogen) atoms. The van der Waals surface area contributed by atoms with Crippen molar-refractivity contribution in [2.75, 3.05) is 13.3 Å². The molecule has 0 aliphatic rings. The van der Waals surface area contributed by atoms with Gasteiger partial charge in [0.15, 0.2) is 0 Å². The summed E-state index contributed by atoms with van der Waals surface area (Å²) < 4.78 is 15.0. The molecule has 0 saturated heterocycles. The first-order chi connectivity index (χ1) is 15.0. The van der Waals surface area contributed by atoms with Gasteiger partial charge in [0.25, 0.3) is 0 Å². The lowest BCUT2D eigenvalue weighted by Gasteiger charge is -2.12. The summed E-state index contributed by atoms with van der Waals surface area (Å²) in [7, 11) is -2.38. The summed E-state index contributed by atoms with van der Waals surface area (Å²) in [4.78, 5) is 4.99. The van der Waals surface area contributed by atoms with Crippen molar-refractivity contribution in [3.8, 4) is 11.1 Å². The molecule has 150 valence electrons. The summed E-state index contributed by atoms with van der Waals surface area (Å²) in [6.07, 6.45) is 0. The van der Waals surface area contributed by atoms with Gasteiger partial charge in [-0.25, -0.2) is 4.98 Å². The number of hydrogen-bond acceptors (Lipinski definition) is 2. The third kappa shape index (κ3) is 2.81. The highest BCUT2D eigenvalue weighted by molar-refractivity contribution is 7.70. The Hall–Kier alpha value is -3.42. The fourth-order valence-corrected chi connectivity index (χ4v) is 5.36. The van der Waals surface area contributed by atoms with Crippen LogP contribution in [0, 0.1) is 0 Å². The van der Waals surface area contributed by atoms with Crippen LogP contribution in [-0.2, 0) is 4.57 Å². The summed E-state index contributed by atoms with van der Waals surface area (Å²) in [6, 6.07) is 31.5. The number of aromatic nitrogens is 2. The summed E-state index contributed by atoms with van der Waals surface area (Å²) in [6.45, 7) is 3.64. The predicted octanol–water partition coefficient (Wildman–Crippen LogP) is 6.71. The molecule has 0 unspecified atom stereocenters. The van der Waals surface area contributed by atoms with Gasteiger partial charge >= 0.3 is 0 Å². The van der Waals surface area contributed by atoms with E-state index in [1.807, 2.05) is 31.5 Å². The maximum Gasteiger partial charge on any atom is 0.146 e. The lowest BCUT2D eigenvalue weighted by atomic mass is 10.0. The van der Waals surface area contributed by atoms with E-state index in [1.165, 1.54) is 21.9 Å². The van der Waals surface area contributed by atoms with Gasteiger partial charge in [-0.1, -0.05) is 66.7 Å². The van der Waals surface area contributed by atoms with Crippen LogP contribution in [0.3, 0.4) is 0 Å². The Labute approximate surface area is 180 Å². The minimum Gasteiger partial charge on any atom is -0.319 e. The summed E-state index contributed by atoms with van der Waals surface area (Å²) in [5, 5.41) is 4.37. The molecule has 2 heterocycles. The van der Waals surface area contributed by atoms with Crippen LogP contribution in [0.25, 0.3) is 49.5 Å². The van der Waals surface area contributed by atoms with Gasteiger partial charge in [0.05, 0.1) is 16.6 Å². The first-order valence-corrected chi connectivity index (χ1v) is 13.0. The lowest BCUT2D eigenvalue weighted by molar-refractivity contribution is 0.588. The smallest absolute Gasteiger partial charge is 0.146 e. The van der Waals surface area contributed by atoms with Crippen molar-refractivity contribution in [3.63, 3.8) is 0 Å². The van der Waals surface area contributed by atoms with Crippen LogP contribution in [0.15, 0.2) is 91.0 Å². The molecule has 0 saturated carbocycles. The number of hydrogen-bond donors (Lipinski definition) is 0. The number of fused-ring (bicyclic) bond motifs is 8. The van der Waals surface area contributed by atoms with E-state index >= 15 is 0 Å². The highest BCUT2D eigenvalue weighted by Gasteiger charge is 2.17. The zero-order valence-corrected chi connectivity index (χ0v) is 18.3. The topological polar surface area (TPSA) is 34.4 Å². The minimum atomic E-state index is -2.38. The van der Waals surface area contributed by atoms with E-state index in [9.17, 15) is 4.57 Å². The van der Waals surface area contributed by atoms with Gasteiger partial charge in [-0.15, -0.1) is 0 Å². The van der Waals surface area contributed by atoms with Crippen LogP contribution in [0.2, 0.25) is 0 Å². The van der Waals surface area contributed by atoms with E-state index in [-0.39, 0.29) is 0 Å². The number of benzene rings is 4. The molecule has 6 rings (SSSR count). The Morgan fingerprint density at radius 3 is 2.19 bits per heavy atom. The first kappa shape index (κ1) is 18.4. The minimum absolute atomic E-state index is 0.877. The van der Waals surface area contributed by atoms with Gasteiger partial charge in [0, 0.05) is 16.1 Å². The van der Waals surface area contributed by atoms with Crippen LogP contribution in [0.5, 0.6) is 0 Å². The Bertz CT molecular complexity index is 1680. The molecule has 0 N–H and O–H groups in total. The Morgan fingerprint density at radius 2 is 1.42 bits per heavy atom. The maximum atomic E-state index is 12.8. The van der Waals surface area contributed by atoms with E-state index in [4.69, 9.17) is 4.98 Å². The standard InChI is InChI=1S/C27H21N2OP/c1-31(2,30)20-13-15-24-26(17-20)29-25-16-19(18-8-4-3-5-9-18)12-14-22(25)21-10-6-7-11-23(21)27(29)28-24/h3-17H,1-2H3. The molecular weight excluding hydrogens is 399 g/mol. The number of pyridine rings is 1. The van der Waals surface area contributed by atoms with E-state index in [1.54, 1.807) is 0 Å². The zero-order chi connectivity index (χ0) is 21.2. The van der Waals surface area contributed by atoms with Crippen LogP contribution >= 0.6 is 7.14 Å². The van der Waals surface area contributed by atoms with Crippen LogP contribution in [0.4, 0.5) is 0 Å². The van der Waals surface area contributed by atoms with Crippen molar-refractivity contribution in [2.24, 2.45) is 0 Å². The SMILES string of the molecule is CP(C)(=O)c1ccc2nc3c4ccccc4c4ccc(-c5ccccc5)cc4n3c2c1. The zero-order valence-electron chi connectivity index (χ0n) is 17.4. The van der Waals surface area contributed by atoms with Crippen LogP contribution in [0.1, 0.15) is 0 Å². The van der Waals surface area contributed by atoms with E-state index in [0.717, 1.165) is 32.9 Å². The van der Waals surface area contributed by atoms with Gasteiger partial charge in [-0.05, 0) is 54.1 Å². The molecule has 0 aliphatic carbocycles. The maximum absolute atomic E-state index is 12.8. The normalized spacial score (nSPS) is 12.3. The fraction of sp³-hybridized carbons (Fsp3) is 0.0741. The number of rotatable bonds is 2. The van der Waals surface area contributed by atoms with Crippen molar-refractivity contribution >= 4 is 50.8 Å².